The van der Waals surface area contributed by atoms with Gasteiger partial charge in [-0.3, -0.25) is 4.79 Å². The zero-order valence-electron chi connectivity index (χ0n) is 12.1. The number of carbonyl (C=O) groups is 1. The number of benzene rings is 1. The van der Waals surface area contributed by atoms with Gasteiger partial charge in [0.2, 0.25) is 0 Å². The van der Waals surface area contributed by atoms with Gasteiger partial charge in [0.15, 0.2) is 6.79 Å². The molecule has 0 amide bonds. The van der Waals surface area contributed by atoms with Gasteiger partial charge >= 0.3 is 0 Å². The van der Waals surface area contributed by atoms with Gasteiger partial charge in [0.05, 0.1) is 13.2 Å². The number of aldehydes is 1. The van der Waals surface area contributed by atoms with Crippen molar-refractivity contribution in [2.75, 3.05) is 27.1 Å². The second-order valence-corrected chi connectivity index (χ2v) is 5.28. The first-order chi connectivity index (χ1) is 8.99. The molecule has 0 spiro atoms. The van der Waals surface area contributed by atoms with E-state index in [0.717, 1.165) is 11.8 Å². The summed E-state index contributed by atoms with van der Waals surface area (Å²) in [6, 6.07) is 5.44. The molecule has 106 valence electrons. The van der Waals surface area contributed by atoms with Crippen molar-refractivity contribution in [2.45, 2.75) is 26.2 Å². The lowest BCUT2D eigenvalue weighted by atomic mass is 9.84. The number of ether oxygens (including phenoxy) is 3. The molecule has 1 rings (SSSR count). The number of rotatable bonds is 7. The Morgan fingerprint density at radius 1 is 1.21 bits per heavy atom. The fourth-order valence-corrected chi connectivity index (χ4v) is 1.69. The van der Waals surface area contributed by atoms with Gasteiger partial charge in [0.1, 0.15) is 12.0 Å². The highest BCUT2D eigenvalue weighted by molar-refractivity contribution is 5.78. The van der Waals surface area contributed by atoms with E-state index >= 15 is 0 Å². The molecule has 0 aliphatic rings. The molecule has 0 atom stereocenters. The molecule has 0 aliphatic heterocycles. The molecule has 0 radical (unpaired) electrons. The van der Waals surface area contributed by atoms with Gasteiger partial charge in [-0.2, -0.15) is 0 Å². The third-order valence-electron chi connectivity index (χ3n) is 2.70. The van der Waals surface area contributed by atoms with E-state index in [1.54, 1.807) is 19.2 Å². The monoisotopic (exact) mass is 266 g/mol. The average Bonchev–Trinajstić information content (AvgIpc) is 2.37. The van der Waals surface area contributed by atoms with E-state index in [-0.39, 0.29) is 12.2 Å². The molecule has 0 aromatic heterocycles. The molecule has 0 bridgehead atoms. The van der Waals surface area contributed by atoms with E-state index in [9.17, 15) is 4.79 Å². The van der Waals surface area contributed by atoms with E-state index in [1.165, 1.54) is 0 Å². The molecule has 0 heterocycles. The maximum Gasteiger partial charge on any atom is 0.189 e. The summed E-state index contributed by atoms with van der Waals surface area (Å²) in [6.07, 6.45) is 0.874. The first-order valence-electron chi connectivity index (χ1n) is 6.28. The van der Waals surface area contributed by atoms with E-state index in [4.69, 9.17) is 14.2 Å². The fourth-order valence-electron chi connectivity index (χ4n) is 1.69. The lowest BCUT2D eigenvalue weighted by Gasteiger charge is -2.22. The van der Waals surface area contributed by atoms with Crippen LogP contribution in [0, 0.1) is 0 Å². The summed E-state index contributed by atoms with van der Waals surface area (Å²) in [5.74, 6) is 0.702. The summed E-state index contributed by atoms with van der Waals surface area (Å²) >= 11 is 0. The molecular formula is C15H22O4. The van der Waals surface area contributed by atoms with Gasteiger partial charge in [-0.15, -0.1) is 0 Å². The van der Waals surface area contributed by atoms with Crippen LogP contribution in [0.1, 0.15) is 36.7 Å². The second-order valence-electron chi connectivity index (χ2n) is 5.28. The van der Waals surface area contributed by atoms with Crippen molar-refractivity contribution in [3.8, 4) is 5.75 Å². The third-order valence-corrected chi connectivity index (χ3v) is 2.70. The van der Waals surface area contributed by atoms with Gasteiger partial charge in [-0.25, -0.2) is 0 Å². The number of hydrogen-bond acceptors (Lipinski definition) is 4. The Labute approximate surface area is 114 Å². The molecule has 0 fully saturated rings. The van der Waals surface area contributed by atoms with Crippen LogP contribution < -0.4 is 4.74 Å². The molecule has 19 heavy (non-hydrogen) atoms. The summed E-state index contributed by atoms with van der Waals surface area (Å²) in [5, 5.41) is 0. The van der Waals surface area contributed by atoms with E-state index < -0.39 is 0 Å². The molecule has 0 saturated carbocycles. The van der Waals surface area contributed by atoms with Crippen LogP contribution in [0.15, 0.2) is 18.2 Å². The minimum Gasteiger partial charge on any atom is -0.468 e. The Bertz CT molecular complexity index is 407. The Morgan fingerprint density at radius 2 is 1.95 bits per heavy atom. The van der Waals surface area contributed by atoms with Crippen LogP contribution in [0.5, 0.6) is 5.75 Å². The van der Waals surface area contributed by atoms with Crippen molar-refractivity contribution < 1.29 is 19.0 Å². The molecule has 4 heteroatoms. The summed E-state index contributed by atoms with van der Waals surface area (Å²) in [7, 11) is 1.62. The van der Waals surface area contributed by atoms with Crippen molar-refractivity contribution >= 4 is 6.29 Å². The molecule has 0 saturated heterocycles. The molecule has 1 aromatic rings. The predicted molar refractivity (Wildman–Crippen MR) is 73.9 cm³/mol. The fraction of sp³-hybridized carbons (Fsp3) is 0.533. The van der Waals surface area contributed by atoms with Crippen LogP contribution in [-0.4, -0.2) is 33.4 Å². The van der Waals surface area contributed by atoms with Crippen molar-refractivity contribution in [3.63, 3.8) is 0 Å². The minimum atomic E-state index is -0.105. The highest BCUT2D eigenvalue weighted by Crippen LogP contribution is 2.28. The smallest absolute Gasteiger partial charge is 0.189 e. The average molecular weight is 266 g/mol. The van der Waals surface area contributed by atoms with Crippen molar-refractivity contribution in [1.82, 2.24) is 0 Å². The largest absolute Gasteiger partial charge is 0.468 e. The van der Waals surface area contributed by atoms with Crippen molar-refractivity contribution in [3.05, 3.63) is 29.3 Å². The van der Waals surface area contributed by atoms with Crippen molar-refractivity contribution in [1.29, 1.82) is 0 Å². The van der Waals surface area contributed by atoms with Crippen LogP contribution in [0.4, 0.5) is 0 Å². The van der Waals surface area contributed by atoms with Crippen LogP contribution >= 0.6 is 0 Å². The first kappa shape index (κ1) is 15.7. The molecule has 4 nitrogen and oxygen atoms in total. The summed E-state index contributed by atoms with van der Waals surface area (Å²) in [4.78, 5) is 11.0. The van der Waals surface area contributed by atoms with Crippen molar-refractivity contribution in [2.24, 2.45) is 0 Å². The van der Waals surface area contributed by atoms with Crippen LogP contribution in [0.3, 0.4) is 0 Å². The Kier molecular flexibility index (Phi) is 5.99. The summed E-state index contributed by atoms with van der Waals surface area (Å²) in [6.45, 7) is 7.40. The standard InChI is InChI=1S/C15H22O4/c1-15(2,3)14-9-13(6-5-12(14)10-16)19-11-18-8-7-17-4/h5-6,9-10H,7-8,11H2,1-4H3. The van der Waals surface area contributed by atoms with E-state index in [1.807, 2.05) is 6.07 Å². The number of carbonyl (C=O) groups excluding carboxylic acids is 1. The molecule has 0 N–H and O–H groups in total. The lowest BCUT2D eigenvalue weighted by Crippen LogP contribution is -2.15. The van der Waals surface area contributed by atoms with E-state index in [2.05, 4.69) is 20.8 Å². The third kappa shape index (κ3) is 5.01. The van der Waals surface area contributed by atoms with Gasteiger partial charge in [-0.05, 0) is 29.2 Å². The van der Waals surface area contributed by atoms with Gasteiger partial charge in [0.25, 0.3) is 0 Å². The maximum absolute atomic E-state index is 11.0. The zero-order chi connectivity index (χ0) is 14.3. The SMILES string of the molecule is COCCOCOc1ccc(C=O)c(C(C)(C)C)c1. The quantitative estimate of drug-likeness (QED) is 0.432. The maximum atomic E-state index is 11.0. The van der Waals surface area contributed by atoms with Gasteiger partial charge in [0, 0.05) is 12.7 Å². The summed E-state index contributed by atoms with van der Waals surface area (Å²) < 4.78 is 15.6. The lowest BCUT2D eigenvalue weighted by molar-refractivity contribution is -0.00852. The van der Waals surface area contributed by atoms with E-state index in [0.29, 0.717) is 24.5 Å². The Balaban J connectivity index is 2.68. The Hall–Kier alpha value is -1.39. The second kappa shape index (κ2) is 7.26. The summed E-state index contributed by atoms with van der Waals surface area (Å²) in [5.41, 5.74) is 1.56. The molecule has 0 unspecified atom stereocenters. The normalized spacial score (nSPS) is 11.4. The highest BCUT2D eigenvalue weighted by Gasteiger charge is 2.18. The highest BCUT2D eigenvalue weighted by atomic mass is 16.7. The molecule has 1 aromatic carbocycles. The van der Waals surface area contributed by atoms with Crippen LogP contribution in [0.2, 0.25) is 0 Å². The number of methoxy groups -OCH3 is 1. The van der Waals surface area contributed by atoms with Gasteiger partial charge < -0.3 is 14.2 Å². The van der Waals surface area contributed by atoms with Crippen LogP contribution in [0.25, 0.3) is 0 Å². The molecular weight excluding hydrogens is 244 g/mol. The number of hydrogen-bond donors (Lipinski definition) is 0. The first-order valence-corrected chi connectivity index (χ1v) is 6.28. The van der Waals surface area contributed by atoms with Gasteiger partial charge in [-0.1, -0.05) is 20.8 Å². The predicted octanol–water partition coefficient (Wildman–Crippen LogP) is 2.80. The van der Waals surface area contributed by atoms with Crippen LogP contribution in [-0.2, 0) is 14.9 Å². The minimum absolute atomic E-state index is 0.105. The Morgan fingerprint density at radius 3 is 2.53 bits per heavy atom. The topological polar surface area (TPSA) is 44.8 Å². The molecule has 0 aliphatic carbocycles. The zero-order valence-corrected chi connectivity index (χ0v) is 12.1.